The number of anilines is 3. The number of fused-ring (bicyclic) bond motifs is 16. The SMILES string of the molecule is c1ccc(-c2cccc(N(c3ccccc3-c3cccc4c3-c3ccccc3C43c4ccc5ccccc5c4Oc4c3ccc3ccccc43)c3cccc4sc5ccccc5c34)c2)cc1. The highest BCUT2D eigenvalue weighted by Crippen LogP contribution is 2.65. The molecule has 1 aliphatic carbocycles. The van der Waals surface area contributed by atoms with Crippen LogP contribution in [0, 0.1) is 0 Å². The van der Waals surface area contributed by atoms with Crippen molar-refractivity contribution in [1.29, 1.82) is 0 Å². The summed E-state index contributed by atoms with van der Waals surface area (Å²) in [6.45, 7) is 0. The van der Waals surface area contributed by atoms with Crippen LogP contribution in [0.5, 0.6) is 11.5 Å². The second-order valence-corrected chi connectivity index (χ2v) is 18.6. The van der Waals surface area contributed by atoms with Gasteiger partial charge in [0.05, 0.1) is 16.8 Å². The van der Waals surface area contributed by atoms with Crippen molar-refractivity contribution in [3.05, 3.63) is 259 Å². The van der Waals surface area contributed by atoms with Crippen LogP contribution in [0.4, 0.5) is 17.1 Å². The number of rotatable bonds is 5. The third kappa shape index (κ3) is 5.23. The van der Waals surface area contributed by atoms with E-state index in [4.69, 9.17) is 4.74 Å². The lowest BCUT2D eigenvalue weighted by molar-refractivity contribution is 0.447. The molecule has 3 heteroatoms. The highest BCUT2D eigenvalue weighted by Gasteiger charge is 2.52. The number of hydrogen-bond donors (Lipinski definition) is 0. The van der Waals surface area contributed by atoms with Gasteiger partial charge in [0.1, 0.15) is 11.5 Å². The first-order valence-corrected chi connectivity index (χ1v) is 23.5. The van der Waals surface area contributed by atoms with Crippen LogP contribution in [-0.2, 0) is 5.41 Å². The van der Waals surface area contributed by atoms with E-state index in [1.54, 1.807) is 0 Å². The van der Waals surface area contributed by atoms with Gasteiger partial charge < -0.3 is 9.64 Å². The molecule has 66 heavy (non-hydrogen) atoms. The Hall–Kier alpha value is -8.24. The van der Waals surface area contributed by atoms with Crippen molar-refractivity contribution in [2.24, 2.45) is 0 Å². The van der Waals surface area contributed by atoms with Gasteiger partial charge in [-0.25, -0.2) is 0 Å². The molecule has 0 bridgehead atoms. The zero-order chi connectivity index (χ0) is 43.3. The van der Waals surface area contributed by atoms with Gasteiger partial charge >= 0.3 is 0 Å². The van der Waals surface area contributed by atoms with Crippen molar-refractivity contribution in [2.45, 2.75) is 5.41 Å². The minimum Gasteiger partial charge on any atom is -0.455 e. The third-order valence-electron chi connectivity index (χ3n) is 14.1. The molecule has 0 amide bonds. The largest absolute Gasteiger partial charge is 0.455 e. The third-order valence-corrected chi connectivity index (χ3v) is 15.2. The molecule has 11 aromatic carbocycles. The summed E-state index contributed by atoms with van der Waals surface area (Å²) in [6, 6.07) is 87.0. The molecule has 1 aliphatic heterocycles. The number of thiophene rings is 1. The van der Waals surface area contributed by atoms with E-state index in [0.717, 1.165) is 66.8 Å². The average molecular weight is 858 g/mol. The van der Waals surface area contributed by atoms with Gasteiger partial charge in [-0.1, -0.05) is 200 Å². The van der Waals surface area contributed by atoms with E-state index in [1.165, 1.54) is 59.1 Å². The van der Waals surface area contributed by atoms with Crippen LogP contribution in [-0.4, -0.2) is 0 Å². The minimum atomic E-state index is -0.654. The normalized spacial score (nSPS) is 13.1. The van der Waals surface area contributed by atoms with Crippen molar-refractivity contribution < 1.29 is 4.74 Å². The van der Waals surface area contributed by atoms with Crippen molar-refractivity contribution in [1.82, 2.24) is 0 Å². The van der Waals surface area contributed by atoms with Gasteiger partial charge in [-0.3, -0.25) is 0 Å². The molecule has 2 aliphatic rings. The number of ether oxygens (including phenoxy) is 1. The summed E-state index contributed by atoms with van der Waals surface area (Å²) in [4.78, 5) is 2.51. The first-order chi connectivity index (χ1) is 32.8. The molecule has 12 aromatic rings. The van der Waals surface area contributed by atoms with E-state index in [-0.39, 0.29) is 0 Å². The molecule has 0 radical (unpaired) electrons. The fourth-order valence-electron chi connectivity index (χ4n) is 11.4. The first-order valence-electron chi connectivity index (χ1n) is 22.7. The Balaban J connectivity index is 1.07. The summed E-state index contributed by atoms with van der Waals surface area (Å²) in [5, 5.41) is 7.08. The second kappa shape index (κ2) is 14.4. The van der Waals surface area contributed by atoms with Gasteiger partial charge in [-0.05, 0) is 86.1 Å². The van der Waals surface area contributed by atoms with E-state index in [9.17, 15) is 0 Å². The molecule has 2 nitrogen and oxygen atoms in total. The van der Waals surface area contributed by atoms with Crippen LogP contribution in [0.3, 0.4) is 0 Å². The van der Waals surface area contributed by atoms with Crippen LogP contribution >= 0.6 is 11.3 Å². The van der Waals surface area contributed by atoms with E-state index in [1.807, 2.05) is 11.3 Å². The van der Waals surface area contributed by atoms with Crippen molar-refractivity contribution >= 4 is 70.1 Å². The number of hydrogen-bond acceptors (Lipinski definition) is 3. The van der Waals surface area contributed by atoms with Crippen LogP contribution in [0.2, 0.25) is 0 Å². The molecule has 0 N–H and O–H groups in total. The van der Waals surface area contributed by atoms with Crippen LogP contribution in [0.15, 0.2) is 237 Å². The lowest BCUT2D eigenvalue weighted by Crippen LogP contribution is -2.32. The highest BCUT2D eigenvalue weighted by atomic mass is 32.1. The summed E-state index contributed by atoms with van der Waals surface area (Å²) < 4.78 is 9.83. The summed E-state index contributed by atoms with van der Waals surface area (Å²) >= 11 is 1.86. The lowest BCUT2D eigenvalue weighted by Gasteiger charge is -2.40. The molecule has 14 rings (SSSR count). The molecular formula is C63H39NOS. The number of benzene rings is 11. The van der Waals surface area contributed by atoms with E-state index < -0.39 is 5.41 Å². The van der Waals surface area contributed by atoms with Crippen molar-refractivity contribution in [3.63, 3.8) is 0 Å². The zero-order valence-electron chi connectivity index (χ0n) is 35.8. The molecule has 0 unspecified atom stereocenters. The molecule has 2 heterocycles. The fraction of sp³-hybridized carbons (Fsp3) is 0.0159. The Morgan fingerprint density at radius 2 is 0.924 bits per heavy atom. The summed E-state index contributed by atoms with van der Waals surface area (Å²) in [5.41, 5.74) is 14.8. The quantitative estimate of drug-likeness (QED) is 0.171. The van der Waals surface area contributed by atoms with Crippen LogP contribution in [0.25, 0.3) is 75.1 Å². The predicted octanol–water partition coefficient (Wildman–Crippen LogP) is 17.6. The molecule has 0 atom stereocenters. The van der Waals surface area contributed by atoms with Crippen molar-refractivity contribution in [2.75, 3.05) is 4.90 Å². The molecule has 1 spiro atoms. The zero-order valence-corrected chi connectivity index (χ0v) is 36.6. The molecule has 0 saturated heterocycles. The van der Waals surface area contributed by atoms with Gasteiger partial charge in [-0.2, -0.15) is 0 Å². The lowest BCUT2D eigenvalue weighted by atomic mass is 9.65. The predicted molar refractivity (Wildman–Crippen MR) is 277 cm³/mol. The smallest absolute Gasteiger partial charge is 0.140 e. The summed E-state index contributed by atoms with van der Waals surface area (Å²) in [5.74, 6) is 1.84. The Labute approximate surface area is 386 Å². The molecule has 1 aromatic heterocycles. The van der Waals surface area contributed by atoms with Gasteiger partial charge in [0, 0.05) is 53.3 Å². The second-order valence-electron chi connectivity index (χ2n) is 17.5. The Bertz CT molecular complexity index is 3850. The van der Waals surface area contributed by atoms with E-state index in [2.05, 4.69) is 241 Å². The van der Waals surface area contributed by atoms with E-state index >= 15 is 0 Å². The minimum absolute atomic E-state index is 0.654. The maximum Gasteiger partial charge on any atom is 0.140 e. The molecular weight excluding hydrogens is 819 g/mol. The summed E-state index contributed by atoms with van der Waals surface area (Å²) in [6.07, 6.45) is 0. The Kier molecular flexibility index (Phi) is 8.10. The number of nitrogens with zero attached hydrogens (tertiary/aromatic N) is 1. The maximum atomic E-state index is 7.28. The topological polar surface area (TPSA) is 12.5 Å². The number of para-hydroxylation sites is 1. The van der Waals surface area contributed by atoms with Gasteiger partial charge in [-0.15, -0.1) is 11.3 Å². The van der Waals surface area contributed by atoms with Gasteiger partial charge in [0.2, 0.25) is 0 Å². The maximum absolute atomic E-state index is 7.28. The Morgan fingerprint density at radius 1 is 0.364 bits per heavy atom. The van der Waals surface area contributed by atoms with Crippen LogP contribution < -0.4 is 9.64 Å². The monoisotopic (exact) mass is 857 g/mol. The fourth-order valence-corrected chi connectivity index (χ4v) is 12.5. The highest BCUT2D eigenvalue weighted by molar-refractivity contribution is 7.26. The molecule has 0 fully saturated rings. The van der Waals surface area contributed by atoms with Crippen LogP contribution in [0.1, 0.15) is 22.3 Å². The Morgan fingerprint density at radius 3 is 1.71 bits per heavy atom. The molecule has 0 saturated carbocycles. The average Bonchev–Trinajstić information content (AvgIpc) is 3.92. The van der Waals surface area contributed by atoms with E-state index in [0.29, 0.717) is 0 Å². The summed E-state index contributed by atoms with van der Waals surface area (Å²) in [7, 11) is 0. The first kappa shape index (κ1) is 37.2. The van der Waals surface area contributed by atoms with Gasteiger partial charge in [0.15, 0.2) is 0 Å². The van der Waals surface area contributed by atoms with Crippen molar-refractivity contribution in [3.8, 4) is 44.9 Å². The molecule has 308 valence electrons. The van der Waals surface area contributed by atoms with Gasteiger partial charge in [0.25, 0.3) is 0 Å². The standard InChI is InChI=1S/C63H39NOS/c1-2-17-40(18-3-1)43-21-14-22-44(39-43)64(56-32-16-34-58-60(56)50-27-10-13-33-57(50)66-58)55-31-12-9-25-47(55)48-28-15-30-52-59(48)49-26-8-11-29-51(49)63(52)53-37-35-41-19-4-6-23-45(41)61(53)65-62-46-24-7-5-20-42(46)36-38-54(62)63/h1-39H.